The first-order valence-electron chi connectivity index (χ1n) is 9.57. The van der Waals surface area contributed by atoms with Crippen LogP contribution >= 0.6 is 11.3 Å². The van der Waals surface area contributed by atoms with E-state index in [1.807, 2.05) is 30.3 Å². The predicted octanol–water partition coefficient (Wildman–Crippen LogP) is 5.32. The predicted molar refractivity (Wildman–Crippen MR) is 115 cm³/mol. The number of nitro benzene ring substituents is 1. The quantitative estimate of drug-likeness (QED) is 0.304. The Morgan fingerprint density at radius 2 is 1.81 bits per heavy atom. The van der Waals surface area contributed by atoms with Crippen LogP contribution in [-0.4, -0.2) is 22.1 Å². The first kappa shape index (κ1) is 20.5. The van der Waals surface area contributed by atoms with E-state index in [-0.39, 0.29) is 29.1 Å². The standard InChI is InChI=1S/C22H18N2O6S/c25-20(16-8-9-16)23(13-14-6-10-17(11-7-14)24(28)29)18-12-19(15-4-2-1-3-5-15)31-21(18)30-22(26)27/h1-7,10-12,16H,8-9,13H2,(H,26,27). The molecule has 158 valence electrons. The number of carbonyl (C=O) groups is 2. The van der Waals surface area contributed by atoms with E-state index in [9.17, 15) is 24.8 Å². The van der Waals surface area contributed by atoms with E-state index in [1.165, 1.54) is 17.0 Å². The number of non-ortho nitro benzene ring substituents is 1. The Labute approximate surface area is 181 Å². The molecule has 1 heterocycles. The van der Waals surface area contributed by atoms with Crippen molar-refractivity contribution in [1.29, 1.82) is 0 Å². The smallest absolute Gasteiger partial charge is 0.449 e. The third-order valence-corrected chi connectivity index (χ3v) is 5.94. The molecule has 0 spiro atoms. The number of carboxylic acid groups (broad SMARTS) is 1. The van der Waals surface area contributed by atoms with Crippen LogP contribution in [0.5, 0.6) is 5.06 Å². The van der Waals surface area contributed by atoms with Crippen molar-refractivity contribution in [3.8, 4) is 15.5 Å². The third kappa shape index (κ3) is 4.72. The fourth-order valence-corrected chi connectivity index (χ4v) is 4.20. The number of hydrogen-bond acceptors (Lipinski definition) is 6. The molecule has 1 fully saturated rings. The van der Waals surface area contributed by atoms with Gasteiger partial charge < -0.3 is 14.7 Å². The van der Waals surface area contributed by atoms with Crippen molar-refractivity contribution in [1.82, 2.24) is 0 Å². The van der Waals surface area contributed by atoms with Crippen LogP contribution in [0.1, 0.15) is 18.4 Å². The van der Waals surface area contributed by atoms with E-state index >= 15 is 0 Å². The molecule has 0 atom stereocenters. The molecule has 4 rings (SSSR count). The van der Waals surface area contributed by atoms with Gasteiger partial charge in [0.1, 0.15) is 0 Å². The zero-order valence-corrected chi connectivity index (χ0v) is 17.1. The number of nitrogens with zero attached hydrogens (tertiary/aromatic N) is 2. The Hall–Kier alpha value is -3.72. The second kappa shape index (κ2) is 8.57. The van der Waals surface area contributed by atoms with Crippen molar-refractivity contribution in [2.45, 2.75) is 19.4 Å². The van der Waals surface area contributed by atoms with Crippen LogP contribution in [0.15, 0.2) is 60.7 Å². The van der Waals surface area contributed by atoms with Gasteiger partial charge in [0.05, 0.1) is 17.2 Å². The van der Waals surface area contributed by atoms with Crippen LogP contribution < -0.4 is 9.64 Å². The number of rotatable bonds is 7. The molecule has 1 aliphatic rings. The molecule has 3 aromatic rings. The normalized spacial score (nSPS) is 12.9. The zero-order valence-electron chi connectivity index (χ0n) is 16.3. The second-order valence-electron chi connectivity index (χ2n) is 7.14. The van der Waals surface area contributed by atoms with Crippen molar-refractivity contribution in [3.05, 3.63) is 76.3 Å². The fourth-order valence-electron chi connectivity index (χ4n) is 3.19. The number of benzene rings is 2. The second-order valence-corrected chi connectivity index (χ2v) is 8.15. The first-order valence-corrected chi connectivity index (χ1v) is 10.4. The monoisotopic (exact) mass is 438 g/mol. The maximum atomic E-state index is 13.1. The van der Waals surface area contributed by atoms with Crippen LogP contribution in [0.4, 0.5) is 16.2 Å². The Bertz CT molecular complexity index is 1120. The topological polar surface area (TPSA) is 110 Å². The van der Waals surface area contributed by atoms with Crippen molar-refractivity contribution < 1.29 is 24.4 Å². The number of nitro groups is 1. The Kier molecular flexibility index (Phi) is 5.68. The summed E-state index contributed by atoms with van der Waals surface area (Å²) in [5, 5.41) is 20.2. The molecule has 9 heteroatoms. The number of ether oxygens (including phenoxy) is 1. The van der Waals surface area contributed by atoms with E-state index in [1.54, 1.807) is 18.2 Å². The van der Waals surface area contributed by atoms with Crippen LogP contribution in [-0.2, 0) is 11.3 Å². The van der Waals surface area contributed by atoms with Crippen LogP contribution in [0, 0.1) is 16.0 Å². The van der Waals surface area contributed by atoms with Crippen molar-refractivity contribution in [3.63, 3.8) is 0 Å². The molecule has 31 heavy (non-hydrogen) atoms. The molecule has 0 aliphatic heterocycles. The minimum atomic E-state index is -1.46. The summed E-state index contributed by atoms with van der Waals surface area (Å²) in [5.41, 5.74) is 1.90. The molecular formula is C22H18N2O6S. The van der Waals surface area contributed by atoms with Gasteiger partial charge in [0.15, 0.2) is 0 Å². The minimum Gasteiger partial charge on any atom is -0.449 e. The summed E-state index contributed by atoms with van der Waals surface area (Å²) in [5.74, 6) is -0.234. The van der Waals surface area contributed by atoms with Crippen LogP contribution in [0.25, 0.3) is 10.4 Å². The highest BCUT2D eigenvalue weighted by Crippen LogP contribution is 2.45. The lowest BCUT2D eigenvalue weighted by atomic mass is 10.1. The molecular weight excluding hydrogens is 420 g/mol. The Morgan fingerprint density at radius 1 is 1.13 bits per heavy atom. The van der Waals surface area contributed by atoms with E-state index in [0.29, 0.717) is 11.3 Å². The van der Waals surface area contributed by atoms with Crippen molar-refractivity contribution in [2.75, 3.05) is 4.90 Å². The third-order valence-electron chi connectivity index (χ3n) is 4.89. The molecule has 0 unspecified atom stereocenters. The molecule has 2 aromatic carbocycles. The highest BCUT2D eigenvalue weighted by Gasteiger charge is 2.36. The lowest BCUT2D eigenvalue weighted by Gasteiger charge is -2.22. The van der Waals surface area contributed by atoms with E-state index in [0.717, 1.165) is 34.6 Å². The largest absolute Gasteiger partial charge is 0.512 e. The van der Waals surface area contributed by atoms with Gasteiger partial charge in [0, 0.05) is 22.9 Å². The molecule has 1 aromatic heterocycles. The first-order chi connectivity index (χ1) is 14.9. The van der Waals surface area contributed by atoms with E-state index < -0.39 is 11.1 Å². The molecule has 1 N–H and O–H groups in total. The number of carbonyl (C=O) groups excluding carboxylic acids is 1. The number of anilines is 1. The summed E-state index contributed by atoms with van der Waals surface area (Å²) in [7, 11) is 0. The molecule has 1 aliphatic carbocycles. The molecule has 8 nitrogen and oxygen atoms in total. The van der Waals surface area contributed by atoms with Gasteiger partial charge in [-0.3, -0.25) is 14.9 Å². The van der Waals surface area contributed by atoms with Crippen LogP contribution in [0.2, 0.25) is 0 Å². The summed E-state index contributed by atoms with van der Waals surface area (Å²) in [6.07, 6.45) is 0.0951. The fraction of sp³-hybridized carbons (Fsp3) is 0.182. The molecule has 1 saturated carbocycles. The van der Waals surface area contributed by atoms with Crippen molar-refractivity contribution >= 4 is 34.8 Å². The van der Waals surface area contributed by atoms with Crippen molar-refractivity contribution in [2.24, 2.45) is 5.92 Å². The lowest BCUT2D eigenvalue weighted by molar-refractivity contribution is -0.384. The Balaban J connectivity index is 1.73. The summed E-state index contributed by atoms with van der Waals surface area (Å²) >= 11 is 1.15. The van der Waals surface area contributed by atoms with Gasteiger partial charge in [0.2, 0.25) is 11.0 Å². The van der Waals surface area contributed by atoms with Crippen LogP contribution in [0.3, 0.4) is 0 Å². The summed E-state index contributed by atoms with van der Waals surface area (Å²) in [6.45, 7) is 0.147. The average molecular weight is 438 g/mol. The highest BCUT2D eigenvalue weighted by molar-refractivity contribution is 7.18. The highest BCUT2D eigenvalue weighted by atomic mass is 32.1. The zero-order chi connectivity index (χ0) is 22.0. The van der Waals surface area contributed by atoms with Gasteiger partial charge in [-0.05, 0) is 30.0 Å². The number of amides is 1. The van der Waals surface area contributed by atoms with E-state index in [4.69, 9.17) is 4.74 Å². The summed E-state index contributed by atoms with van der Waals surface area (Å²) < 4.78 is 5.02. The maximum absolute atomic E-state index is 13.1. The van der Waals surface area contributed by atoms with Gasteiger partial charge in [-0.1, -0.05) is 53.8 Å². The van der Waals surface area contributed by atoms with Gasteiger partial charge in [-0.2, -0.15) is 0 Å². The number of thiophene rings is 1. The maximum Gasteiger partial charge on any atom is 0.512 e. The summed E-state index contributed by atoms with van der Waals surface area (Å²) in [4.78, 5) is 37.1. The average Bonchev–Trinajstić information content (AvgIpc) is 3.53. The van der Waals surface area contributed by atoms with Gasteiger partial charge in [-0.25, -0.2) is 4.79 Å². The Morgan fingerprint density at radius 3 is 2.39 bits per heavy atom. The lowest BCUT2D eigenvalue weighted by Crippen LogP contribution is -2.31. The molecule has 0 saturated heterocycles. The van der Waals surface area contributed by atoms with Gasteiger partial charge in [0.25, 0.3) is 5.69 Å². The molecule has 0 radical (unpaired) electrons. The summed E-state index contributed by atoms with van der Waals surface area (Å²) in [6, 6.07) is 17.1. The van der Waals surface area contributed by atoms with Gasteiger partial charge >= 0.3 is 6.16 Å². The van der Waals surface area contributed by atoms with E-state index in [2.05, 4.69) is 0 Å². The van der Waals surface area contributed by atoms with Gasteiger partial charge in [-0.15, -0.1) is 0 Å². The SMILES string of the molecule is O=C(O)Oc1sc(-c2ccccc2)cc1N(Cc1ccc([N+](=O)[O-])cc1)C(=O)C1CC1. The molecule has 1 amide bonds. The minimum absolute atomic E-state index is 0.0411. The molecule has 0 bridgehead atoms. The number of hydrogen-bond donors (Lipinski definition) is 1.